The number of halogens is 2. The molecule has 21 heavy (non-hydrogen) atoms. The van der Waals surface area contributed by atoms with Gasteiger partial charge in [0.1, 0.15) is 11.6 Å². The molecule has 1 amide bonds. The topological polar surface area (TPSA) is 32.3 Å². The number of hydrogen-bond donors (Lipinski definition) is 1. The monoisotopic (exact) mass is 296 g/mol. The maximum absolute atomic E-state index is 13.8. The van der Waals surface area contributed by atoms with Gasteiger partial charge in [-0.3, -0.25) is 4.79 Å². The second-order valence-electron chi connectivity index (χ2n) is 5.89. The molecule has 1 fully saturated rings. The van der Waals surface area contributed by atoms with Gasteiger partial charge in [-0.05, 0) is 57.8 Å². The third-order valence-electron chi connectivity index (χ3n) is 3.90. The molecule has 2 rings (SSSR count). The Bertz CT molecular complexity index is 499. The molecular formula is C16H22F2N2O. The molecule has 1 aliphatic rings. The van der Waals surface area contributed by atoms with Crippen LogP contribution in [0, 0.1) is 17.6 Å². The van der Waals surface area contributed by atoms with Crippen molar-refractivity contribution in [3.63, 3.8) is 0 Å². The van der Waals surface area contributed by atoms with E-state index in [0.29, 0.717) is 12.5 Å². The minimum Gasteiger partial charge on any atom is -0.336 e. The van der Waals surface area contributed by atoms with Crippen LogP contribution in [0.25, 0.3) is 0 Å². The van der Waals surface area contributed by atoms with Gasteiger partial charge in [0.05, 0.1) is 5.56 Å². The van der Waals surface area contributed by atoms with Gasteiger partial charge in [-0.1, -0.05) is 0 Å². The van der Waals surface area contributed by atoms with E-state index in [-0.39, 0.29) is 17.5 Å². The van der Waals surface area contributed by atoms with Crippen molar-refractivity contribution in [2.45, 2.75) is 32.7 Å². The number of piperidine rings is 1. The lowest BCUT2D eigenvalue weighted by Crippen LogP contribution is -2.44. The Labute approximate surface area is 124 Å². The number of benzene rings is 1. The van der Waals surface area contributed by atoms with E-state index in [9.17, 15) is 13.6 Å². The second kappa shape index (κ2) is 6.98. The fourth-order valence-electron chi connectivity index (χ4n) is 2.70. The third-order valence-corrected chi connectivity index (χ3v) is 3.90. The number of carbonyl (C=O) groups excluding carboxylic acids is 1. The predicted molar refractivity (Wildman–Crippen MR) is 78.1 cm³/mol. The summed E-state index contributed by atoms with van der Waals surface area (Å²) in [6, 6.07) is 3.08. The average Bonchev–Trinajstić information content (AvgIpc) is 2.45. The van der Waals surface area contributed by atoms with Crippen molar-refractivity contribution in [1.82, 2.24) is 10.2 Å². The van der Waals surface area contributed by atoms with Gasteiger partial charge in [0.15, 0.2) is 0 Å². The fourth-order valence-corrected chi connectivity index (χ4v) is 2.70. The largest absolute Gasteiger partial charge is 0.336 e. The number of carbonyl (C=O) groups is 1. The van der Waals surface area contributed by atoms with Crippen molar-refractivity contribution in [3.05, 3.63) is 35.4 Å². The average molecular weight is 296 g/mol. The van der Waals surface area contributed by atoms with Gasteiger partial charge < -0.3 is 10.2 Å². The van der Waals surface area contributed by atoms with Crippen LogP contribution in [0.2, 0.25) is 0 Å². The lowest BCUT2D eigenvalue weighted by Gasteiger charge is -2.33. The number of hydrogen-bond acceptors (Lipinski definition) is 2. The Balaban J connectivity index is 2.14. The van der Waals surface area contributed by atoms with E-state index in [1.54, 1.807) is 4.90 Å². The van der Waals surface area contributed by atoms with Crippen molar-refractivity contribution in [2.24, 2.45) is 5.92 Å². The fraction of sp³-hybridized carbons (Fsp3) is 0.562. The molecule has 5 heteroatoms. The Morgan fingerprint density at radius 3 is 2.76 bits per heavy atom. The van der Waals surface area contributed by atoms with Crippen LogP contribution in [-0.4, -0.2) is 36.5 Å². The molecule has 1 aromatic rings. The molecule has 1 N–H and O–H groups in total. The van der Waals surface area contributed by atoms with Crippen molar-refractivity contribution in [2.75, 3.05) is 19.6 Å². The van der Waals surface area contributed by atoms with Crippen molar-refractivity contribution < 1.29 is 13.6 Å². The third kappa shape index (κ3) is 4.00. The number of nitrogens with zero attached hydrogens (tertiary/aromatic N) is 1. The minimum atomic E-state index is -0.799. The van der Waals surface area contributed by atoms with Crippen LogP contribution >= 0.6 is 0 Å². The SMILES string of the molecule is CC(C)N(CC1CCCNC1)C(=O)c1ccc(F)cc1F. The van der Waals surface area contributed by atoms with Crippen molar-refractivity contribution >= 4 is 5.91 Å². The number of amides is 1. The molecule has 0 aromatic heterocycles. The van der Waals surface area contributed by atoms with Crippen LogP contribution in [0.4, 0.5) is 8.78 Å². The summed E-state index contributed by atoms with van der Waals surface area (Å²) in [5.41, 5.74) is -0.0612. The number of nitrogens with one attached hydrogen (secondary N) is 1. The van der Waals surface area contributed by atoms with E-state index in [2.05, 4.69) is 5.32 Å². The van der Waals surface area contributed by atoms with E-state index < -0.39 is 11.6 Å². The van der Waals surface area contributed by atoms with Gasteiger partial charge in [-0.2, -0.15) is 0 Å². The quantitative estimate of drug-likeness (QED) is 0.926. The Hall–Kier alpha value is -1.49. The molecule has 1 aliphatic heterocycles. The number of rotatable bonds is 4. The van der Waals surface area contributed by atoms with Crippen LogP contribution in [0.1, 0.15) is 37.0 Å². The first-order chi connectivity index (χ1) is 9.99. The maximum atomic E-state index is 13.8. The van der Waals surface area contributed by atoms with Crippen LogP contribution in [0.15, 0.2) is 18.2 Å². The summed E-state index contributed by atoms with van der Waals surface area (Å²) < 4.78 is 26.8. The summed E-state index contributed by atoms with van der Waals surface area (Å²) >= 11 is 0. The van der Waals surface area contributed by atoms with E-state index in [0.717, 1.165) is 38.1 Å². The minimum absolute atomic E-state index is 0.0242. The standard InChI is InChI=1S/C16H22F2N2O/c1-11(2)20(10-12-4-3-7-19-9-12)16(21)14-6-5-13(17)8-15(14)18/h5-6,8,11-12,19H,3-4,7,9-10H2,1-2H3. The Kier molecular flexibility index (Phi) is 5.28. The highest BCUT2D eigenvalue weighted by Gasteiger charge is 2.25. The molecule has 0 radical (unpaired) electrons. The molecule has 0 aliphatic carbocycles. The Morgan fingerprint density at radius 1 is 1.43 bits per heavy atom. The highest BCUT2D eigenvalue weighted by molar-refractivity contribution is 5.94. The van der Waals surface area contributed by atoms with Crippen LogP contribution < -0.4 is 5.32 Å². The summed E-state index contributed by atoms with van der Waals surface area (Å²) in [4.78, 5) is 14.2. The molecular weight excluding hydrogens is 274 g/mol. The first-order valence-corrected chi connectivity index (χ1v) is 7.45. The lowest BCUT2D eigenvalue weighted by molar-refractivity contribution is 0.0656. The maximum Gasteiger partial charge on any atom is 0.257 e. The molecule has 1 saturated heterocycles. The summed E-state index contributed by atoms with van der Waals surface area (Å²) in [7, 11) is 0. The first kappa shape index (κ1) is 15.9. The lowest BCUT2D eigenvalue weighted by atomic mass is 9.98. The molecule has 1 atom stereocenters. The van der Waals surface area contributed by atoms with Gasteiger partial charge >= 0.3 is 0 Å². The van der Waals surface area contributed by atoms with Gasteiger partial charge in [0, 0.05) is 18.7 Å². The summed E-state index contributed by atoms with van der Waals surface area (Å²) in [6.07, 6.45) is 2.16. The van der Waals surface area contributed by atoms with Crippen LogP contribution in [-0.2, 0) is 0 Å². The smallest absolute Gasteiger partial charge is 0.257 e. The normalized spacial score (nSPS) is 18.8. The zero-order chi connectivity index (χ0) is 15.4. The summed E-state index contributed by atoms with van der Waals surface area (Å²) in [5.74, 6) is -1.45. The summed E-state index contributed by atoms with van der Waals surface area (Å²) in [5, 5.41) is 3.32. The van der Waals surface area contributed by atoms with Gasteiger partial charge in [0.2, 0.25) is 0 Å². The van der Waals surface area contributed by atoms with E-state index >= 15 is 0 Å². The molecule has 116 valence electrons. The van der Waals surface area contributed by atoms with E-state index in [4.69, 9.17) is 0 Å². The highest BCUT2D eigenvalue weighted by atomic mass is 19.1. The molecule has 1 heterocycles. The van der Waals surface area contributed by atoms with Crippen LogP contribution in [0.3, 0.4) is 0 Å². The summed E-state index contributed by atoms with van der Waals surface area (Å²) in [6.45, 7) is 6.31. The molecule has 0 bridgehead atoms. The Morgan fingerprint density at radius 2 is 2.19 bits per heavy atom. The first-order valence-electron chi connectivity index (χ1n) is 7.45. The zero-order valence-electron chi connectivity index (χ0n) is 12.5. The highest BCUT2D eigenvalue weighted by Crippen LogP contribution is 2.18. The molecule has 0 spiro atoms. The molecule has 3 nitrogen and oxygen atoms in total. The van der Waals surface area contributed by atoms with Gasteiger partial charge in [0.25, 0.3) is 5.91 Å². The van der Waals surface area contributed by atoms with Crippen LogP contribution in [0.5, 0.6) is 0 Å². The molecule has 0 saturated carbocycles. The van der Waals surface area contributed by atoms with Crippen molar-refractivity contribution in [3.8, 4) is 0 Å². The zero-order valence-corrected chi connectivity index (χ0v) is 12.5. The molecule has 1 aromatic carbocycles. The molecule has 1 unspecified atom stereocenters. The van der Waals surface area contributed by atoms with Crippen molar-refractivity contribution in [1.29, 1.82) is 0 Å². The van der Waals surface area contributed by atoms with E-state index in [1.165, 1.54) is 6.07 Å². The van der Waals surface area contributed by atoms with Gasteiger partial charge in [-0.15, -0.1) is 0 Å². The van der Waals surface area contributed by atoms with E-state index in [1.807, 2.05) is 13.8 Å². The predicted octanol–water partition coefficient (Wildman–Crippen LogP) is 2.82. The van der Waals surface area contributed by atoms with Gasteiger partial charge in [-0.25, -0.2) is 8.78 Å². The second-order valence-corrected chi connectivity index (χ2v) is 5.89.